The molecule has 0 spiro atoms. The summed E-state index contributed by atoms with van der Waals surface area (Å²) in [5.41, 5.74) is 4.84. The molecule has 0 bridgehead atoms. The van der Waals surface area contributed by atoms with E-state index in [9.17, 15) is 9.59 Å². The van der Waals surface area contributed by atoms with Gasteiger partial charge in [-0.25, -0.2) is 5.43 Å². The van der Waals surface area contributed by atoms with Gasteiger partial charge in [-0.15, -0.1) is 0 Å². The van der Waals surface area contributed by atoms with Gasteiger partial charge in [-0.05, 0) is 6.92 Å². The van der Waals surface area contributed by atoms with Crippen LogP contribution in [0.4, 0.5) is 0 Å². The fourth-order valence-electron chi connectivity index (χ4n) is 0.840. The Morgan fingerprint density at radius 1 is 1.82 bits per heavy atom. The Labute approximate surface area is 64.1 Å². The molecule has 1 aliphatic rings. The molecule has 0 aromatic heterocycles. The smallest absolute Gasteiger partial charge is 0.325 e. The normalized spacial score (nSPS) is 23.0. The van der Waals surface area contributed by atoms with Crippen molar-refractivity contribution in [2.24, 2.45) is 0 Å². The van der Waals surface area contributed by atoms with E-state index in [0.717, 1.165) is 0 Å². The molecule has 0 aromatic rings. The Morgan fingerprint density at radius 3 is 3.00 bits per heavy atom. The molecule has 5 heteroatoms. The van der Waals surface area contributed by atoms with Crippen molar-refractivity contribution in [2.75, 3.05) is 6.61 Å². The van der Waals surface area contributed by atoms with Gasteiger partial charge in [-0.3, -0.25) is 15.0 Å². The molecule has 5 nitrogen and oxygen atoms in total. The largest absolute Gasteiger partial charge is 0.465 e. The average molecular weight is 158 g/mol. The van der Waals surface area contributed by atoms with Gasteiger partial charge in [0.2, 0.25) is 5.91 Å². The number of carbonyl (C=O) groups is 2. The molecule has 1 fully saturated rings. The summed E-state index contributed by atoms with van der Waals surface area (Å²) in [5, 5.41) is 0. The Morgan fingerprint density at radius 2 is 2.55 bits per heavy atom. The molecular formula is C6H10N2O3. The first-order chi connectivity index (χ1) is 5.24. The first-order valence-electron chi connectivity index (χ1n) is 3.45. The van der Waals surface area contributed by atoms with Crippen LogP contribution in [0.1, 0.15) is 13.3 Å². The summed E-state index contributed by atoms with van der Waals surface area (Å²) in [6, 6.07) is -0.512. The Hall–Kier alpha value is -1.10. The number of carbonyl (C=O) groups excluding carboxylic acids is 2. The number of hydrogen-bond acceptors (Lipinski definition) is 4. The van der Waals surface area contributed by atoms with Crippen LogP contribution in [0.25, 0.3) is 0 Å². The Balaban J connectivity index is 2.37. The molecule has 1 atom stereocenters. The third-order valence-corrected chi connectivity index (χ3v) is 1.35. The molecule has 0 aliphatic carbocycles. The number of nitrogens with one attached hydrogen (secondary N) is 2. The SMILES string of the molecule is CCOC(=O)C1CC(=O)NN1. The molecule has 62 valence electrons. The van der Waals surface area contributed by atoms with E-state index in [1.54, 1.807) is 6.92 Å². The fraction of sp³-hybridized carbons (Fsp3) is 0.667. The monoisotopic (exact) mass is 158 g/mol. The summed E-state index contributed by atoms with van der Waals surface area (Å²) >= 11 is 0. The second-order valence-electron chi connectivity index (χ2n) is 2.20. The highest BCUT2D eigenvalue weighted by atomic mass is 16.5. The Bertz CT molecular complexity index is 181. The molecule has 1 amide bonds. The minimum atomic E-state index is -0.512. The molecule has 0 saturated carbocycles. The molecule has 1 rings (SSSR count). The van der Waals surface area contributed by atoms with E-state index in [2.05, 4.69) is 15.6 Å². The second-order valence-corrected chi connectivity index (χ2v) is 2.20. The fourth-order valence-corrected chi connectivity index (χ4v) is 0.840. The summed E-state index contributed by atoms with van der Waals surface area (Å²) in [4.78, 5) is 21.5. The first kappa shape index (κ1) is 8.00. The third-order valence-electron chi connectivity index (χ3n) is 1.35. The van der Waals surface area contributed by atoms with Crippen molar-refractivity contribution >= 4 is 11.9 Å². The zero-order valence-electron chi connectivity index (χ0n) is 6.22. The topological polar surface area (TPSA) is 67.4 Å². The maximum atomic E-state index is 10.9. The summed E-state index contributed by atoms with van der Waals surface area (Å²) < 4.78 is 4.68. The van der Waals surface area contributed by atoms with Crippen LogP contribution in [-0.2, 0) is 14.3 Å². The highest BCUT2D eigenvalue weighted by Crippen LogP contribution is 1.99. The van der Waals surface area contributed by atoms with Crippen LogP contribution >= 0.6 is 0 Å². The van der Waals surface area contributed by atoms with E-state index < -0.39 is 6.04 Å². The van der Waals surface area contributed by atoms with Gasteiger partial charge in [-0.1, -0.05) is 0 Å². The van der Waals surface area contributed by atoms with Crippen molar-refractivity contribution in [2.45, 2.75) is 19.4 Å². The highest BCUT2D eigenvalue weighted by molar-refractivity contribution is 5.87. The lowest BCUT2D eigenvalue weighted by molar-refractivity contribution is -0.145. The maximum absolute atomic E-state index is 10.9. The van der Waals surface area contributed by atoms with Gasteiger partial charge in [0, 0.05) is 0 Å². The van der Waals surface area contributed by atoms with Crippen LogP contribution in [0.2, 0.25) is 0 Å². The lowest BCUT2D eigenvalue weighted by atomic mass is 10.2. The van der Waals surface area contributed by atoms with Gasteiger partial charge in [0.25, 0.3) is 0 Å². The predicted octanol–water partition coefficient (Wildman–Crippen LogP) is -1.06. The lowest BCUT2D eigenvalue weighted by Gasteiger charge is -2.05. The second kappa shape index (κ2) is 3.34. The zero-order valence-corrected chi connectivity index (χ0v) is 6.22. The minimum Gasteiger partial charge on any atom is -0.465 e. The van der Waals surface area contributed by atoms with Crippen molar-refractivity contribution in [1.29, 1.82) is 0 Å². The summed E-state index contributed by atoms with van der Waals surface area (Å²) in [5.74, 6) is -0.561. The number of hydrazine groups is 1. The van der Waals surface area contributed by atoms with Crippen LogP contribution in [0.3, 0.4) is 0 Å². The van der Waals surface area contributed by atoms with Gasteiger partial charge in [0.1, 0.15) is 6.04 Å². The third kappa shape index (κ3) is 1.91. The van der Waals surface area contributed by atoms with Gasteiger partial charge in [-0.2, -0.15) is 0 Å². The van der Waals surface area contributed by atoms with E-state index in [0.29, 0.717) is 6.61 Å². The summed E-state index contributed by atoms with van der Waals surface area (Å²) in [6.07, 6.45) is 0.166. The summed E-state index contributed by atoms with van der Waals surface area (Å²) in [6.45, 7) is 2.06. The van der Waals surface area contributed by atoms with Crippen molar-refractivity contribution in [1.82, 2.24) is 10.9 Å². The molecule has 1 unspecified atom stereocenters. The average Bonchev–Trinajstić information content (AvgIpc) is 2.36. The molecule has 2 N–H and O–H groups in total. The molecule has 0 radical (unpaired) electrons. The standard InChI is InChI=1S/C6H10N2O3/c1-2-11-6(10)4-3-5(9)8-7-4/h4,7H,2-3H2,1H3,(H,8,9). The number of hydrogen-bond donors (Lipinski definition) is 2. The van der Waals surface area contributed by atoms with Crippen LogP contribution in [0.15, 0.2) is 0 Å². The van der Waals surface area contributed by atoms with Gasteiger partial charge in [0.05, 0.1) is 13.0 Å². The minimum absolute atomic E-state index is 0.166. The van der Waals surface area contributed by atoms with Crippen molar-refractivity contribution in [3.63, 3.8) is 0 Å². The number of amides is 1. The Kier molecular flexibility index (Phi) is 2.43. The van der Waals surface area contributed by atoms with Crippen LogP contribution in [0.5, 0.6) is 0 Å². The van der Waals surface area contributed by atoms with Crippen molar-refractivity contribution in [3.8, 4) is 0 Å². The van der Waals surface area contributed by atoms with Crippen LogP contribution in [0, 0.1) is 0 Å². The van der Waals surface area contributed by atoms with Crippen molar-refractivity contribution < 1.29 is 14.3 Å². The van der Waals surface area contributed by atoms with E-state index in [1.165, 1.54) is 0 Å². The molecule has 11 heavy (non-hydrogen) atoms. The predicted molar refractivity (Wildman–Crippen MR) is 36.3 cm³/mol. The molecule has 0 aromatic carbocycles. The van der Waals surface area contributed by atoms with Gasteiger partial charge in [0.15, 0.2) is 0 Å². The van der Waals surface area contributed by atoms with Gasteiger partial charge < -0.3 is 4.74 Å². The van der Waals surface area contributed by atoms with E-state index in [-0.39, 0.29) is 18.3 Å². The number of ether oxygens (including phenoxy) is 1. The molecule has 1 aliphatic heterocycles. The maximum Gasteiger partial charge on any atom is 0.325 e. The lowest BCUT2D eigenvalue weighted by Crippen LogP contribution is -2.37. The molecular weight excluding hydrogens is 148 g/mol. The van der Waals surface area contributed by atoms with E-state index >= 15 is 0 Å². The highest BCUT2D eigenvalue weighted by Gasteiger charge is 2.28. The summed E-state index contributed by atoms with van der Waals surface area (Å²) in [7, 11) is 0. The van der Waals surface area contributed by atoms with E-state index in [1.807, 2.05) is 0 Å². The van der Waals surface area contributed by atoms with Crippen molar-refractivity contribution in [3.05, 3.63) is 0 Å². The zero-order chi connectivity index (χ0) is 8.27. The quantitative estimate of drug-likeness (QED) is 0.503. The molecule has 1 heterocycles. The number of esters is 1. The van der Waals surface area contributed by atoms with Crippen LogP contribution in [-0.4, -0.2) is 24.5 Å². The van der Waals surface area contributed by atoms with Crippen LogP contribution < -0.4 is 10.9 Å². The van der Waals surface area contributed by atoms with Gasteiger partial charge >= 0.3 is 5.97 Å². The molecule has 1 saturated heterocycles. The number of rotatable bonds is 2. The first-order valence-corrected chi connectivity index (χ1v) is 3.45. The van der Waals surface area contributed by atoms with E-state index in [4.69, 9.17) is 0 Å².